The maximum absolute atomic E-state index is 10.5. The largest absolute Gasteiger partial charge is 0.496 e. The Morgan fingerprint density at radius 1 is 1.47 bits per heavy atom. The van der Waals surface area contributed by atoms with E-state index in [0.29, 0.717) is 11.3 Å². The van der Waals surface area contributed by atoms with Crippen LogP contribution in [-0.2, 0) is 0 Å². The topological polar surface area (TPSA) is 72.6 Å². The number of benzene rings is 1. The number of nitrogens with zero attached hydrogens (tertiary/aromatic N) is 1. The van der Waals surface area contributed by atoms with Crippen molar-refractivity contribution in [1.29, 1.82) is 0 Å². The molecule has 0 aromatic heterocycles. The Kier molecular flexibility index (Phi) is 3.62. The van der Waals surface area contributed by atoms with Gasteiger partial charge in [-0.15, -0.1) is 0 Å². The Balaban J connectivity index is 2.99. The van der Waals surface area contributed by atoms with Crippen molar-refractivity contribution < 1.29 is 14.8 Å². The zero-order valence-corrected chi connectivity index (χ0v) is 8.58. The molecular weight excluding hydrogens is 198 g/mol. The van der Waals surface area contributed by atoms with E-state index in [4.69, 9.17) is 4.74 Å². The van der Waals surface area contributed by atoms with Gasteiger partial charge in [0.15, 0.2) is 0 Å². The molecule has 1 aromatic rings. The number of aliphatic hydroxyl groups excluding tert-OH is 1. The van der Waals surface area contributed by atoms with Gasteiger partial charge in [0.2, 0.25) is 6.04 Å². The van der Waals surface area contributed by atoms with Gasteiger partial charge in [0.1, 0.15) is 11.9 Å². The molecule has 5 heteroatoms. The smallest absolute Gasteiger partial charge is 0.240 e. The monoisotopic (exact) mass is 211 g/mol. The molecule has 1 aromatic carbocycles. The maximum Gasteiger partial charge on any atom is 0.240 e. The van der Waals surface area contributed by atoms with Crippen LogP contribution in [0, 0.1) is 10.1 Å². The van der Waals surface area contributed by atoms with E-state index in [2.05, 4.69) is 0 Å². The van der Waals surface area contributed by atoms with Gasteiger partial charge in [-0.2, -0.15) is 0 Å². The fraction of sp³-hybridized carbons (Fsp3) is 0.400. The van der Waals surface area contributed by atoms with Crippen molar-refractivity contribution in [3.8, 4) is 5.75 Å². The summed E-state index contributed by atoms with van der Waals surface area (Å²) >= 11 is 0. The molecule has 0 radical (unpaired) electrons. The molecule has 5 nitrogen and oxygen atoms in total. The molecule has 0 aliphatic heterocycles. The third-order valence-electron chi connectivity index (χ3n) is 2.25. The summed E-state index contributed by atoms with van der Waals surface area (Å²) in [6.45, 7) is 1.36. The van der Waals surface area contributed by atoms with Crippen LogP contribution in [0.1, 0.15) is 18.6 Å². The van der Waals surface area contributed by atoms with Gasteiger partial charge in [-0.1, -0.05) is 18.2 Å². The molecule has 1 rings (SSSR count). The second kappa shape index (κ2) is 4.75. The average Bonchev–Trinajstić information content (AvgIpc) is 2.26. The molecule has 15 heavy (non-hydrogen) atoms. The van der Waals surface area contributed by atoms with E-state index in [9.17, 15) is 15.2 Å². The summed E-state index contributed by atoms with van der Waals surface area (Å²) in [5.74, 6) is 0.457. The van der Waals surface area contributed by atoms with Crippen molar-refractivity contribution >= 4 is 0 Å². The second-order valence-electron chi connectivity index (χ2n) is 3.21. The van der Waals surface area contributed by atoms with Crippen LogP contribution in [0.3, 0.4) is 0 Å². The predicted octanol–water partition coefficient (Wildman–Crippen LogP) is 1.39. The number of ether oxygens (including phenoxy) is 1. The normalized spacial score (nSPS) is 14.3. The molecular formula is C10H13NO4. The number of para-hydroxylation sites is 1. The van der Waals surface area contributed by atoms with Crippen LogP contribution in [0.2, 0.25) is 0 Å². The number of methoxy groups -OCH3 is 1. The SMILES string of the molecule is COc1ccccc1[C@@H](O)[C@H](C)[N+](=O)[O-]. The molecule has 0 unspecified atom stereocenters. The van der Waals surface area contributed by atoms with Crippen molar-refractivity contribution in [2.45, 2.75) is 19.1 Å². The minimum absolute atomic E-state index is 0.434. The first-order valence-corrected chi connectivity index (χ1v) is 4.52. The van der Waals surface area contributed by atoms with E-state index in [1.54, 1.807) is 24.3 Å². The maximum atomic E-state index is 10.5. The van der Waals surface area contributed by atoms with Gasteiger partial charge in [-0.05, 0) is 6.07 Å². The third-order valence-corrected chi connectivity index (χ3v) is 2.25. The Morgan fingerprint density at radius 2 is 2.07 bits per heavy atom. The lowest BCUT2D eigenvalue weighted by molar-refractivity contribution is -0.531. The molecule has 0 spiro atoms. The quantitative estimate of drug-likeness (QED) is 0.603. The van der Waals surface area contributed by atoms with Gasteiger partial charge in [0.25, 0.3) is 0 Å². The number of aliphatic hydroxyl groups is 1. The first-order chi connectivity index (χ1) is 7.07. The Bertz CT molecular complexity index is 353. The molecule has 0 saturated heterocycles. The molecule has 0 saturated carbocycles. The highest BCUT2D eigenvalue weighted by Gasteiger charge is 2.27. The zero-order valence-electron chi connectivity index (χ0n) is 8.58. The third kappa shape index (κ3) is 2.44. The van der Waals surface area contributed by atoms with E-state index in [-0.39, 0.29) is 0 Å². The summed E-state index contributed by atoms with van der Waals surface area (Å²) in [4.78, 5) is 10.0. The fourth-order valence-electron chi connectivity index (χ4n) is 1.29. The number of hydrogen-bond acceptors (Lipinski definition) is 4. The number of nitro groups is 1. The molecule has 0 heterocycles. The van der Waals surface area contributed by atoms with Crippen LogP contribution in [-0.4, -0.2) is 23.2 Å². The van der Waals surface area contributed by atoms with Gasteiger partial charge in [-0.25, -0.2) is 0 Å². The molecule has 0 aliphatic carbocycles. The first kappa shape index (κ1) is 11.5. The highest BCUT2D eigenvalue weighted by molar-refractivity contribution is 5.35. The van der Waals surface area contributed by atoms with Gasteiger partial charge in [0.05, 0.1) is 7.11 Å². The number of rotatable bonds is 4. The van der Waals surface area contributed by atoms with Gasteiger partial charge >= 0.3 is 0 Å². The van der Waals surface area contributed by atoms with Crippen LogP contribution < -0.4 is 4.74 Å². The zero-order chi connectivity index (χ0) is 11.4. The molecule has 82 valence electrons. The lowest BCUT2D eigenvalue weighted by Gasteiger charge is -2.15. The Labute approximate surface area is 87.5 Å². The summed E-state index contributed by atoms with van der Waals surface area (Å²) < 4.78 is 5.01. The van der Waals surface area contributed by atoms with Gasteiger partial charge < -0.3 is 9.84 Å². The highest BCUT2D eigenvalue weighted by Crippen LogP contribution is 2.27. The standard InChI is InChI=1S/C10H13NO4/c1-7(11(13)14)10(12)8-5-3-4-6-9(8)15-2/h3-7,10,12H,1-2H3/t7-,10-/m0/s1. The summed E-state index contributed by atoms with van der Waals surface area (Å²) in [5, 5.41) is 20.3. The molecule has 2 atom stereocenters. The van der Waals surface area contributed by atoms with Gasteiger partial charge in [-0.3, -0.25) is 10.1 Å². The summed E-state index contributed by atoms with van der Waals surface area (Å²) in [7, 11) is 1.46. The van der Waals surface area contributed by atoms with Crippen LogP contribution in [0.4, 0.5) is 0 Å². The van der Waals surface area contributed by atoms with Crippen molar-refractivity contribution in [2.24, 2.45) is 0 Å². The van der Waals surface area contributed by atoms with E-state index < -0.39 is 17.1 Å². The van der Waals surface area contributed by atoms with Gasteiger partial charge in [0, 0.05) is 17.4 Å². The van der Waals surface area contributed by atoms with Crippen LogP contribution in [0.15, 0.2) is 24.3 Å². The Morgan fingerprint density at radius 3 is 2.60 bits per heavy atom. The van der Waals surface area contributed by atoms with Crippen LogP contribution in [0.25, 0.3) is 0 Å². The van der Waals surface area contributed by atoms with Crippen molar-refractivity contribution in [3.63, 3.8) is 0 Å². The highest BCUT2D eigenvalue weighted by atomic mass is 16.6. The van der Waals surface area contributed by atoms with E-state index in [0.717, 1.165) is 0 Å². The first-order valence-electron chi connectivity index (χ1n) is 4.52. The van der Waals surface area contributed by atoms with Crippen molar-refractivity contribution in [1.82, 2.24) is 0 Å². The lowest BCUT2D eigenvalue weighted by atomic mass is 10.0. The van der Waals surface area contributed by atoms with Crippen LogP contribution >= 0.6 is 0 Å². The summed E-state index contributed by atoms with van der Waals surface area (Å²) in [6, 6.07) is 5.66. The summed E-state index contributed by atoms with van der Waals surface area (Å²) in [5.41, 5.74) is 0.434. The molecule has 0 bridgehead atoms. The fourth-order valence-corrected chi connectivity index (χ4v) is 1.29. The van der Waals surface area contributed by atoms with Crippen LogP contribution in [0.5, 0.6) is 5.75 Å². The van der Waals surface area contributed by atoms with Crippen molar-refractivity contribution in [3.05, 3.63) is 39.9 Å². The second-order valence-corrected chi connectivity index (χ2v) is 3.21. The minimum Gasteiger partial charge on any atom is -0.496 e. The van der Waals surface area contributed by atoms with Crippen molar-refractivity contribution in [2.75, 3.05) is 7.11 Å². The summed E-state index contributed by atoms with van der Waals surface area (Å²) in [6.07, 6.45) is -1.16. The van der Waals surface area contributed by atoms with E-state index in [1.165, 1.54) is 14.0 Å². The minimum atomic E-state index is -1.16. The molecule has 1 N–H and O–H groups in total. The number of hydrogen-bond donors (Lipinski definition) is 1. The molecule has 0 aliphatic rings. The predicted molar refractivity (Wildman–Crippen MR) is 54.4 cm³/mol. The van der Waals surface area contributed by atoms with E-state index >= 15 is 0 Å². The average molecular weight is 211 g/mol. The molecule has 0 amide bonds. The lowest BCUT2D eigenvalue weighted by Crippen LogP contribution is -2.24. The van der Waals surface area contributed by atoms with E-state index in [1.807, 2.05) is 0 Å². The Hall–Kier alpha value is -1.62. The molecule has 0 fully saturated rings.